The van der Waals surface area contributed by atoms with E-state index in [0.29, 0.717) is 4.47 Å². The summed E-state index contributed by atoms with van der Waals surface area (Å²) >= 11 is 3.16. The summed E-state index contributed by atoms with van der Waals surface area (Å²) in [6.45, 7) is 0. The Labute approximate surface area is 116 Å². The van der Waals surface area contributed by atoms with Crippen molar-refractivity contribution in [3.05, 3.63) is 58.1 Å². The van der Waals surface area contributed by atoms with Gasteiger partial charge in [0.1, 0.15) is 11.6 Å². The van der Waals surface area contributed by atoms with Gasteiger partial charge in [0.25, 0.3) is 5.91 Å². The van der Waals surface area contributed by atoms with Crippen molar-refractivity contribution >= 4 is 33.2 Å². The molecular formula is C13H9BrF2N2O. The van der Waals surface area contributed by atoms with E-state index in [2.05, 4.69) is 21.2 Å². The molecule has 0 heterocycles. The third-order valence-corrected chi connectivity index (χ3v) is 3.13. The van der Waals surface area contributed by atoms with Gasteiger partial charge in [-0.05, 0) is 52.3 Å². The van der Waals surface area contributed by atoms with Crippen molar-refractivity contribution in [1.82, 2.24) is 0 Å². The smallest absolute Gasteiger partial charge is 0.256 e. The number of halogens is 3. The van der Waals surface area contributed by atoms with Crippen molar-refractivity contribution in [3.8, 4) is 0 Å². The monoisotopic (exact) mass is 326 g/mol. The zero-order valence-electron chi connectivity index (χ0n) is 9.58. The Morgan fingerprint density at radius 1 is 1.11 bits per heavy atom. The molecule has 98 valence electrons. The van der Waals surface area contributed by atoms with E-state index in [9.17, 15) is 13.6 Å². The van der Waals surface area contributed by atoms with Gasteiger partial charge in [0, 0.05) is 4.47 Å². The molecule has 0 radical (unpaired) electrons. The van der Waals surface area contributed by atoms with E-state index in [4.69, 9.17) is 5.73 Å². The molecule has 3 N–H and O–H groups in total. The first-order valence-electron chi connectivity index (χ1n) is 5.29. The minimum atomic E-state index is -0.537. The number of nitrogens with two attached hydrogens (primary N) is 1. The van der Waals surface area contributed by atoms with Gasteiger partial charge < -0.3 is 11.1 Å². The van der Waals surface area contributed by atoms with E-state index in [0.717, 1.165) is 12.1 Å². The molecule has 6 heteroatoms. The molecule has 0 fully saturated rings. The number of carbonyl (C=O) groups is 1. The topological polar surface area (TPSA) is 55.1 Å². The van der Waals surface area contributed by atoms with Crippen molar-refractivity contribution in [1.29, 1.82) is 0 Å². The second-order valence-electron chi connectivity index (χ2n) is 3.81. The molecule has 0 saturated carbocycles. The van der Waals surface area contributed by atoms with Crippen molar-refractivity contribution < 1.29 is 13.6 Å². The van der Waals surface area contributed by atoms with Crippen LogP contribution in [0.3, 0.4) is 0 Å². The molecule has 0 saturated heterocycles. The minimum Gasteiger partial charge on any atom is -0.397 e. The highest BCUT2D eigenvalue weighted by Crippen LogP contribution is 2.23. The van der Waals surface area contributed by atoms with Crippen LogP contribution in [0.15, 0.2) is 40.9 Å². The quantitative estimate of drug-likeness (QED) is 0.829. The van der Waals surface area contributed by atoms with Crippen LogP contribution in [0, 0.1) is 11.6 Å². The number of carbonyl (C=O) groups excluding carboxylic acids is 1. The van der Waals surface area contributed by atoms with E-state index in [-0.39, 0.29) is 16.9 Å². The van der Waals surface area contributed by atoms with Crippen molar-refractivity contribution in [2.45, 2.75) is 0 Å². The summed E-state index contributed by atoms with van der Waals surface area (Å²) in [6.07, 6.45) is 0. The summed E-state index contributed by atoms with van der Waals surface area (Å²) in [5, 5.41) is 2.49. The fourth-order valence-corrected chi connectivity index (χ4v) is 1.94. The molecule has 0 spiro atoms. The third kappa shape index (κ3) is 3.08. The Morgan fingerprint density at radius 2 is 1.74 bits per heavy atom. The minimum absolute atomic E-state index is 0.0980. The third-order valence-electron chi connectivity index (χ3n) is 2.43. The number of nitrogen functional groups attached to an aromatic ring is 1. The Kier molecular flexibility index (Phi) is 3.80. The van der Waals surface area contributed by atoms with Crippen LogP contribution in [-0.2, 0) is 0 Å². The first-order chi connectivity index (χ1) is 8.97. The van der Waals surface area contributed by atoms with Crippen LogP contribution in [0.25, 0.3) is 0 Å². The molecule has 2 aromatic carbocycles. The molecule has 0 aliphatic rings. The molecule has 1 amide bonds. The van der Waals surface area contributed by atoms with Gasteiger partial charge >= 0.3 is 0 Å². The van der Waals surface area contributed by atoms with Crippen LogP contribution in [0.1, 0.15) is 10.4 Å². The van der Waals surface area contributed by atoms with Crippen LogP contribution in [0.4, 0.5) is 20.2 Å². The summed E-state index contributed by atoms with van der Waals surface area (Å²) < 4.78 is 26.4. The highest BCUT2D eigenvalue weighted by Gasteiger charge is 2.12. The summed E-state index contributed by atoms with van der Waals surface area (Å²) in [4.78, 5) is 12.0. The fraction of sp³-hybridized carbons (Fsp3) is 0. The summed E-state index contributed by atoms with van der Waals surface area (Å²) in [6, 6.07) is 7.36. The number of nitrogens with one attached hydrogen (secondary N) is 1. The van der Waals surface area contributed by atoms with Gasteiger partial charge in [-0.2, -0.15) is 0 Å². The number of rotatable bonds is 2. The zero-order valence-corrected chi connectivity index (χ0v) is 11.2. The molecule has 2 aromatic rings. The van der Waals surface area contributed by atoms with Gasteiger partial charge in [0.05, 0.1) is 16.9 Å². The van der Waals surface area contributed by atoms with Gasteiger partial charge in [0.2, 0.25) is 0 Å². The van der Waals surface area contributed by atoms with Crippen LogP contribution in [-0.4, -0.2) is 5.91 Å². The lowest BCUT2D eigenvalue weighted by Gasteiger charge is -2.09. The average Bonchev–Trinajstić information content (AvgIpc) is 2.35. The van der Waals surface area contributed by atoms with Gasteiger partial charge in [-0.15, -0.1) is 0 Å². The normalized spacial score (nSPS) is 10.3. The van der Waals surface area contributed by atoms with Crippen LogP contribution < -0.4 is 11.1 Å². The SMILES string of the molecule is Nc1cc(F)ccc1NC(=O)c1cc(F)ccc1Br. The predicted molar refractivity (Wildman–Crippen MR) is 72.9 cm³/mol. The highest BCUT2D eigenvalue weighted by molar-refractivity contribution is 9.10. The summed E-state index contributed by atoms with van der Waals surface area (Å²) in [7, 11) is 0. The predicted octanol–water partition coefficient (Wildman–Crippen LogP) is 3.56. The van der Waals surface area contributed by atoms with Crippen LogP contribution in [0.5, 0.6) is 0 Å². The Balaban J connectivity index is 2.28. The summed E-state index contributed by atoms with van der Waals surface area (Å²) in [5.74, 6) is -1.56. The maximum Gasteiger partial charge on any atom is 0.256 e. The van der Waals surface area contributed by atoms with E-state index in [1.165, 1.54) is 24.3 Å². The first-order valence-corrected chi connectivity index (χ1v) is 6.08. The number of amides is 1. The average molecular weight is 327 g/mol. The molecule has 0 atom stereocenters. The molecule has 0 unspecified atom stereocenters. The highest BCUT2D eigenvalue weighted by atomic mass is 79.9. The molecular weight excluding hydrogens is 318 g/mol. The summed E-state index contributed by atoms with van der Waals surface area (Å²) in [5.41, 5.74) is 6.07. The number of benzene rings is 2. The van der Waals surface area contributed by atoms with Crippen LogP contribution in [0.2, 0.25) is 0 Å². The molecule has 0 aliphatic carbocycles. The van der Waals surface area contributed by atoms with E-state index in [1.807, 2.05) is 0 Å². The standard InChI is InChI=1S/C13H9BrF2N2O/c14-10-3-1-7(15)5-9(10)13(19)18-12-4-2-8(16)6-11(12)17/h1-6H,17H2,(H,18,19). The number of hydrogen-bond acceptors (Lipinski definition) is 2. The van der Waals surface area contributed by atoms with Gasteiger partial charge in [0.15, 0.2) is 0 Å². The maximum atomic E-state index is 13.1. The largest absolute Gasteiger partial charge is 0.397 e. The Bertz CT molecular complexity index is 647. The fourth-order valence-electron chi connectivity index (χ4n) is 1.51. The number of hydrogen-bond donors (Lipinski definition) is 2. The number of anilines is 2. The molecule has 0 bridgehead atoms. The van der Waals surface area contributed by atoms with Crippen molar-refractivity contribution in [3.63, 3.8) is 0 Å². The molecule has 0 aromatic heterocycles. The van der Waals surface area contributed by atoms with Gasteiger partial charge in [-0.3, -0.25) is 4.79 Å². The van der Waals surface area contributed by atoms with E-state index < -0.39 is 17.5 Å². The first kappa shape index (κ1) is 13.5. The maximum absolute atomic E-state index is 13.1. The van der Waals surface area contributed by atoms with Crippen molar-refractivity contribution in [2.75, 3.05) is 11.1 Å². The van der Waals surface area contributed by atoms with Crippen molar-refractivity contribution in [2.24, 2.45) is 0 Å². The van der Waals surface area contributed by atoms with Gasteiger partial charge in [-0.1, -0.05) is 0 Å². The van der Waals surface area contributed by atoms with Crippen LogP contribution >= 0.6 is 15.9 Å². The zero-order chi connectivity index (χ0) is 14.0. The van der Waals surface area contributed by atoms with E-state index in [1.54, 1.807) is 0 Å². The second-order valence-corrected chi connectivity index (χ2v) is 4.66. The Hall–Kier alpha value is -1.95. The Morgan fingerprint density at radius 3 is 2.42 bits per heavy atom. The molecule has 3 nitrogen and oxygen atoms in total. The lowest BCUT2D eigenvalue weighted by atomic mass is 10.2. The molecule has 0 aliphatic heterocycles. The lowest BCUT2D eigenvalue weighted by molar-refractivity contribution is 0.102. The molecule has 2 rings (SSSR count). The molecule has 19 heavy (non-hydrogen) atoms. The second kappa shape index (κ2) is 5.36. The van der Waals surface area contributed by atoms with E-state index >= 15 is 0 Å². The van der Waals surface area contributed by atoms with Gasteiger partial charge in [-0.25, -0.2) is 8.78 Å². The lowest BCUT2D eigenvalue weighted by Crippen LogP contribution is -2.14.